The summed E-state index contributed by atoms with van der Waals surface area (Å²) in [4.78, 5) is 4.35. The van der Waals surface area contributed by atoms with Crippen LogP contribution in [0, 0.1) is 5.41 Å². The van der Waals surface area contributed by atoms with E-state index >= 15 is 0 Å². The van der Waals surface area contributed by atoms with E-state index in [1.54, 1.807) is 6.08 Å². The Kier molecular flexibility index (Phi) is 14.4. The third-order valence-corrected chi connectivity index (χ3v) is 3.51. The molecule has 0 aromatic heterocycles. The molecule has 0 spiro atoms. The summed E-state index contributed by atoms with van der Waals surface area (Å²) in [5.41, 5.74) is 14.4. The van der Waals surface area contributed by atoms with E-state index < -0.39 is 0 Å². The fraction of sp³-hybridized carbons (Fsp3) is 0. The first-order valence-electron chi connectivity index (χ1n) is 9.10. The first-order valence-corrected chi connectivity index (χ1v) is 13.6. The number of rotatable bonds is 1. The molecule has 3 aromatic rings. The Balaban J connectivity index is 0.000000238. The molecule has 1 aliphatic rings. The molecule has 0 bridgehead atoms. The summed E-state index contributed by atoms with van der Waals surface area (Å²) in [6.45, 7) is 0. The van der Waals surface area contributed by atoms with Gasteiger partial charge in [0.2, 0.25) is 0 Å². The van der Waals surface area contributed by atoms with E-state index in [0.29, 0.717) is 11.4 Å². The van der Waals surface area contributed by atoms with Crippen LogP contribution in [0.3, 0.4) is 0 Å². The van der Waals surface area contributed by atoms with Crippen molar-refractivity contribution >= 4 is 47.9 Å². The third kappa shape index (κ3) is 13.2. The van der Waals surface area contributed by atoms with Crippen LogP contribution in [0.15, 0.2) is 120 Å². The minimum absolute atomic E-state index is 0.346. The van der Waals surface area contributed by atoms with Crippen molar-refractivity contribution in [2.45, 2.75) is 0 Å². The van der Waals surface area contributed by atoms with Gasteiger partial charge in [-0.15, -0.1) is 0 Å². The number of allylic oxidation sites excluding steroid dienone is 4. The van der Waals surface area contributed by atoms with Crippen LogP contribution in [0.25, 0.3) is 0 Å². The molecule has 0 saturated heterocycles. The second-order valence-electron chi connectivity index (χ2n) is 5.84. The van der Waals surface area contributed by atoms with Gasteiger partial charge in [0.15, 0.2) is 0 Å². The molecule has 0 unspecified atom stereocenters. The van der Waals surface area contributed by atoms with Crippen molar-refractivity contribution < 1.29 is 15.1 Å². The van der Waals surface area contributed by atoms with Crippen molar-refractivity contribution in [3.05, 3.63) is 115 Å². The Hall–Kier alpha value is -2.72. The van der Waals surface area contributed by atoms with E-state index in [9.17, 15) is 0 Å². The SMILES string of the molecule is N=C1C=CC=CC1=Nc1ccccc1.Nc1ccccc1.Nc1ccccc1.[Cl][Ru][Cl]. The van der Waals surface area contributed by atoms with Crippen molar-refractivity contribution in [3.63, 3.8) is 0 Å². The molecule has 0 radical (unpaired) electrons. The number of nitrogen functional groups attached to an aromatic ring is 2. The number of anilines is 2. The maximum atomic E-state index is 7.63. The number of benzene rings is 3. The van der Waals surface area contributed by atoms with Crippen LogP contribution in [-0.4, -0.2) is 11.4 Å². The quantitative estimate of drug-likeness (QED) is 0.180. The molecule has 4 rings (SSSR count). The van der Waals surface area contributed by atoms with Gasteiger partial charge < -0.3 is 11.5 Å². The Morgan fingerprint density at radius 3 is 1.39 bits per heavy atom. The Labute approximate surface area is 199 Å². The molecule has 0 aliphatic heterocycles. The van der Waals surface area contributed by atoms with Crippen molar-refractivity contribution in [2.24, 2.45) is 4.99 Å². The van der Waals surface area contributed by atoms with Crippen LogP contribution in [0.4, 0.5) is 17.1 Å². The minimum atomic E-state index is -0.346. The normalized spacial score (nSPS) is 12.6. The Bertz CT molecular complexity index is 923. The van der Waals surface area contributed by atoms with Gasteiger partial charge in [-0.05, 0) is 48.6 Å². The number of aliphatic imine (C=N–C) groups is 1. The van der Waals surface area contributed by atoms with Crippen molar-refractivity contribution in [1.29, 1.82) is 5.41 Å². The fourth-order valence-corrected chi connectivity index (χ4v) is 2.12. The van der Waals surface area contributed by atoms with E-state index in [1.807, 2.05) is 109 Å². The zero-order valence-corrected chi connectivity index (χ0v) is 19.9. The zero-order chi connectivity index (χ0) is 22.7. The summed E-state index contributed by atoms with van der Waals surface area (Å²) >= 11 is -0.346. The molecule has 31 heavy (non-hydrogen) atoms. The summed E-state index contributed by atoms with van der Waals surface area (Å²) in [5.74, 6) is 0. The fourth-order valence-electron chi connectivity index (χ4n) is 2.12. The number of halogens is 2. The average molecular weight is 540 g/mol. The second kappa shape index (κ2) is 17.0. The topological polar surface area (TPSA) is 88.2 Å². The van der Waals surface area contributed by atoms with Gasteiger partial charge in [-0.1, -0.05) is 66.7 Å². The van der Waals surface area contributed by atoms with Gasteiger partial charge in [0.05, 0.1) is 17.1 Å². The molecule has 5 N–H and O–H groups in total. The van der Waals surface area contributed by atoms with Crippen LogP contribution in [0.2, 0.25) is 0 Å². The number of nitrogens with zero attached hydrogens (tertiary/aromatic N) is 1. The molecule has 0 atom stereocenters. The first-order chi connectivity index (χ1) is 15.1. The number of nitrogens with one attached hydrogen (secondary N) is 1. The molecule has 0 fully saturated rings. The predicted molar refractivity (Wildman–Crippen MR) is 133 cm³/mol. The second-order valence-corrected chi connectivity index (χ2v) is 8.48. The standard InChI is InChI=1S/C12H10N2.2C6H7N.2ClH.Ru/c13-11-8-4-5-9-12(11)14-10-6-2-1-3-7-10;2*7-6-4-2-1-3-5-6;;;/h1-9,13H;2*1-5H,7H2;2*1H;/q;;;;;+2/p-2. The molecular formula is C24H24Cl2N4Ru. The molecule has 4 nitrogen and oxygen atoms in total. The summed E-state index contributed by atoms with van der Waals surface area (Å²) in [6, 6.07) is 28.6. The molecular weight excluding hydrogens is 516 g/mol. The van der Waals surface area contributed by atoms with E-state index in [-0.39, 0.29) is 15.1 Å². The average Bonchev–Trinajstić information content (AvgIpc) is 2.79. The maximum absolute atomic E-state index is 7.63. The van der Waals surface area contributed by atoms with Gasteiger partial charge in [-0.3, -0.25) is 5.41 Å². The summed E-state index contributed by atoms with van der Waals surface area (Å²) in [6.07, 6.45) is 7.31. The van der Waals surface area contributed by atoms with Gasteiger partial charge in [0, 0.05) is 11.4 Å². The van der Waals surface area contributed by atoms with Crippen molar-refractivity contribution in [3.8, 4) is 0 Å². The van der Waals surface area contributed by atoms with Crippen molar-refractivity contribution in [1.82, 2.24) is 0 Å². The number of para-hydroxylation sites is 3. The van der Waals surface area contributed by atoms with E-state index in [0.717, 1.165) is 17.1 Å². The Morgan fingerprint density at radius 2 is 1.03 bits per heavy atom. The van der Waals surface area contributed by atoms with Crippen LogP contribution < -0.4 is 11.5 Å². The van der Waals surface area contributed by atoms with E-state index in [4.69, 9.17) is 36.3 Å². The number of hydrogen-bond donors (Lipinski definition) is 3. The first kappa shape index (κ1) is 26.3. The third-order valence-electron chi connectivity index (χ3n) is 3.51. The van der Waals surface area contributed by atoms with Gasteiger partial charge in [0.25, 0.3) is 0 Å². The van der Waals surface area contributed by atoms with E-state index in [1.165, 1.54) is 0 Å². The molecule has 162 valence electrons. The molecule has 0 amide bonds. The van der Waals surface area contributed by atoms with Crippen LogP contribution in [-0.2, 0) is 15.1 Å². The molecule has 0 heterocycles. The molecule has 7 heteroatoms. The van der Waals surface area contributed by atoms with Gasteiger partial charge in [-0.25, -0.2) is 4.99 Å². The van der Waals surface area contributed by atoms with Crippen LogP contribution in [0.1, 0.15) is 0 Å². The van der Waals surface area contributed by atoms with Crippen LogP contribution in [0.5, 0.6) is 0 Å². The van der Waals surface area contributed by atoms with Crippen LogP contribution >= 0.6 is 19.4 Å². The number of nitrogens with two attached hydrogens (primary N) is 2. The zero-order valence-electron chi connectivity index (χ0n) is 16.7. The molecule has 3 aromatic carbocycles. The molecule has 0 saturated carbocycles. The Morgan fingerprint density at radius 1 is 0.645 bits per heavy atom. The summed E-state index contributed by atoms with van der Waals surface area (Å²) in [7, 11) is 9.71. The summed E-state index contributed by atoms with van der Waals surface area (Å²) in [5, 5.41) is 7.63. The molecule has 1 aliphatic carbocycles. The monoisotopic (exact) mass is 540 g/mol. The van der Waals surface area contributed by atoms with Gasteiger partial charge in [-0.2, -0.15) is 0 Å². The summed E-state index contributed by atoms with van der Waals surface area (Å²) < 4.78 is 0. The van der Waals surface area contributed by atoms with Gasteiger partial charge >= 0.3 is 34.5 Å². The van der Waals surface area contributed by atoms with Gasteiger partial charge in [0.1, 0.15) is 0 Å². The van der Waals surface area contributed by atoms with E-state index in [2.05, 4.69) is 4.99 Å². The predicted octanol–water partition coefficient (Wildman–Crippen LogP) is 6.82. The van der Waals surface area contributed by atoms with Crippen molar-refractivity contribution in [2.75, 3.05) is 11.5 Å². The number of hydrogen-bond acceptors (Lipinski definition) is 4.